The molecule has 0 aromatic carbocycles. The second kappa shape index (κ2) is 7.27. The third-order valence-electron chi connectivity index (χ3n) is 3.39. The number of hydrogen-bond donors (Lipinski definition) is 1. The Bertz CT molecular complexity index is 475. The van der Waals surface area contributed by atoms with Crippen LogP contribution in [-0.2, 0) is 0 Å². The highest BCUT2D eigenvalue weighted by Crippen LogP contribution is 2.22. The first-order valence-corrected chi connectivity index (χ1v) is 8.49. The molecule has 2 heterocycles. The molecule has 0 atom stereocenters. The van der Waals surface area contributed by atoms with Crippen LogP contribution >= 0.6 is 23.4 Å². The molecule has 20 heavy (non-hydrogen) atoms. The van der Waals surface area contributed by atoms with Crippen molar-refractivity contribution >= 4 is 29.3 Å². The minimum Gasteiger partial charge on any atom is -0.350 e. The third-order valence-corrected chi connectivity index (χ3v) is 4.71. The number of halogens is 1. The summed E-state index contributed by atoms with van der Waals surface area (Å²) in [5, 5.41) is 3.26. The second-order valence-corrected chi connectivity index (χ2v) is 6.98. The van der Waals surface area contributed by atoms with Crippen molar-refractivity contribution in [2.75, 3.05) is 18.1 Å². The van der Waals surface area contributed by atoms with Crippen LogP contribution in [0.25, 0.3) is 0 Å². The van der Waals surface area contributed by atoms with Crippen molar-refractivity contribution in [1.82, 2.24) is 15.3 Å². The Morgan fingerprint density at radius 3 is 2.85 bits per heavy atom. The molecular formula is C14H20ClN3OS. The molecule has 110 valence electrons. The summed E-state index contributed by atoms with van der Waals surface area (Å²) < 4.78 is 0. The lowest BCUT2D eigenvalue weighted by Gasteiger charge is -2.21. The van der Waals surface area contributed by atoms with E-state index in [-0.39, 0.29) is 17.5 Å². The molecule has 0 bridgehead atoms. The van der Waals surface area contributed by atoms with Gasteiger partial charge in [0.1, 0.15) is 11.5 Å². The number of thioether (sulfide) groups is 1. The van der Waals surface area contributed by atoms with Gasteiger partial charge < -0.3 is 5.32 Å². The maximum atomic E-state index is 12.2. The van der Waals surface area contributed by atoms with Crippen molar-refractivity contribution in [3.63, 3.8) is 0 Å². The zero-order valence-electron chi connectivity index (χ0n) is 11.9. The van der Waals surface area contributed by atoms with E-state index in [0.29, 0.717) is 23.3 Å². The average molecular weight is 314 g/mol. The predicted octanol–water partition coefficient (Wildman–Crippen LogP) is 3.13. The summed E-state index contributed by atoms with van der Waals surface area (Å²) in [6.07, 6.45) is 3.84. The molecule has 1 aliphatic heterocycles. The lowest BCUT2D eigenvalue weighted by Crippen LogP contribution is -2.32. The van der Waals surface area contributed by atoms with Crippen LogP contribution in [0.1, 0.15) is 48.9 Å². The Morgan fingerprint density at radius 1 is 1.50 bits per heavy atom. The summed E-state index contributed by atoms with van der Waals surface area (Å²) in [5.41, 5.74) is 0.288. The van der Waals surface area contributed by atoms with E-state index in [9.17, 15) is 4.79 Å². The molecule has 0 radical (unpaired) electrons. The van der Waals surface area contributed by atoms with E-state index < -0.39 is 0 Å². The molecule has 1 aromatic rings. The van der Waals surface area contributed by atoms with E-state index in [2.05, 4.69) is 15.3 Å². The minimum atomic E-state index is -0.197. The fourth-order valence-electron chi connectivity index (χ4n) is 2.09. The Labute approximate surface area is 129 Å². The number of nitrogens with one attached hydrogen (secondary N) is 1. The van der Waals surface area contributed by atoms with E-state index >= 15 is 0 Å². The van der Waals surface area contributed by atoms with E-state index in [1.54, 1.807) is 0 Å². The standard InChI is InChI=1S/C14H20ClN3OS/c1-9(2)13-16-8-11(15)12(18-13)14(19)17-7-10-3-5-20-6-4-10/h8-10H,3-7H2,1-2H3,(H,17,19). The largest absolute Gasteiger partial charge is 0.350 e. The maximum Gasteiger partial charge on any atom is 0.271 e. The molecule has 1 N–H and O–H groups in total. The van der Waals surface area contributed by atoms with Gasteiger partial charge in [0.05, 0.1) is 11.2 Å². The number of hydrogen-bond acceptors (Lipinski definition) is 4. The highest BCUT2D eigenvalue weighted by atomic mass is 35.5. The molecule has 4 nitrogen and oxygen atoms in total. The fourth-order valence-corrected chi connectivity index (χ4v) is 3.47. The van der Waals surface area contributed by atoms with E-state index in [0.717, 1.165) is 0 Å². The van der Waals surface area contributed by atoms with E-state index in [1.807, 2.05) is 25.6 Å². The Morgan fingerprint density at radius 2 is 2.20 bits per heavy atom. The van der Waals surface area contributed by atoms with Crippen molar-refractivity contribution < 1.29 is 4.79 Å². The first kappa shape index (κ1) is 15.6. The summed E-state index contributed by atoms with van der Waals surface area (Å²) in [7, 11) is 0. The summed E-state index contributed by atoms with van der Waals surface area (Å²) >= 11 is 8.01. The minimum absolute atomic E-state index is 0.175. The monoisotopic (exact) mass is 313 g/mol. The Kier molecular flexibility index (Phi) is 5.66. The SMILES string of the molecule is CC(C)c1ncc(Cl)c(C(=O)NCC2CCSCC2)n1. The van der Waals surface area contributed by atoms with Crippen LogP contribution in [0.4, 0.5) is 0 Å². The molecule has 1 aromatic heterocycles. The Balaban J connectivity index is 1.99. The van der Waals surface area contributed by atoms with Gasteiger partial charge >= 0.3 is 0 Å². The molecule has 0 aliphatic carbocycles. The summed E-state index contributed by atoms with van der Waals surface area (Å²) in [6.45, 7) is 4.69. The van der Waals surface area contributed by atoms with Gasteiger partial charge in [-0.25, -0.2) is 9.97 Å². The van der Waals surface area contributed by atoms with Gasteiger partial charge in [-0.05, 0) is 30.3 Å². The topological polar surface area (TPSA) is 54.9 Å². The van der Waals surface area contributed by atoms with Crippen LogP contribution in [0.15, 0.2) is 6.20 Å². The van der Waals surface area contributed by atoms with Gasteiger partial charge in [-0.15, -0.1) is 0 Å². The molecule has 0 spiro atoms. The smallest absolute Gasteiger partial charge is 0.271 e. The Hall–Kier alpha value is -0.810. The molecule has 1 fully saturated rings. The summed E-state index contributed by atoms with van der Waals surface area (Å²) in [5.74, 6) is 3.57. The quantitative estimate of drug-likeness (QED) is 0.928. The van der Waals surface area contributed by atoms with E-state index in [4.69, 9.17) is 11.6 Å². The summed E-state index contributed by atoms with van der Waals surface area (Å²) in [4.78, 5) is 20.6. The van der Waals surface area contributed by atoms with Crippen LogP contribution in [0.5, 0.6) is 0 Å². The van der Waals surface area contributed by atoms with Gasteiger partial charge in [0, 0.05) is 12.5 Å². The van der Waals surface area contributed by atoms with Crippen LogP contribution < -0.4 is 5.32 Å². The normalized spacial score (nSPS) is 16.4. The summed E-state index contributed by atoms with van der Waals surface area (Å²) in [6, 6.07) is 0. The molecule has 0 saturated carbocycles. The van der Waals surface area contributed by atoms with Crippen molar-refractivity contribution in [3.8, 4) is 0 Å². The average Bonchev–Trinajstić information content (AvgIpc) is 2.46. The van der Waals surface area contributed by atoms with E-state index in [1.165, 1.54) is 30.5 Å². The van der Waals surface area contributed by atoms with Crippen molar-refractivity contribution in [3.05, 3.63) is 22.7 Å². The maximum absolute atomic E-state index is 12.2. The number of amides is 1. The zero-order valence-corrected chi connectivity index (χ0v) is 13.4. The number of carbonyl (C=O) groups excluding carboxylic acids is 1. The van der Waals surface area contributed by atoms with Crippen LogP contribution in [0.3, 0.4) is 0 Å². The highest BCUT2D eigenvalue weighted by molar-refractivity contribution is 7.99. The van der Waals surface area contributed by atoms with Gasteiger partial charge in [0.25, 0.3) is 5.91 Å². The number of nitrogens with zero attached hydrogens (tertiary/aromatic N) is 2. The molecule has 1 amide bonds. The van der Waals surface area contributed by atoms with Gasteiger partial charge in [0.2, 0.25) is 0 Å². The van der Waals surface area contributed by atoms with Crippen molar-refractivity contribution in [2.45, 2.75) is 32.6 Å². The predicted molar refractivity (Wildman–Crippen MR) is 83.5 cm³/mol. The van der Waals surface area contributed by atoms with Crippen molar-refractivity contribution in [2.24, 2.45) is 5.92 Å². The van der Waals surface area contributed by atoms with Crippen molar-refractivity contribution in [1.29, 1.82) is 0 Å². The molecule has 2 rings (SSSR count). The lowest BCUT2D eigenvalue weighted by molar-refractivity contribution is 0.0941. The third kappa shape index (κ3) is 4.09. The highest BCUT2D eigenvalue weighted by Gasteiger charge is 2.18. The second-order valence-electron chi connectivity index (χ2n) is 5.35. The zero-order chi connectivity index (χ0) is 14.5. The van der Waals surface area contributed by atoms with Gasteiger partial charge in [0.15, 0.2) is 0 Å². The van der Waals surface area contributed by atoms with Crippen LogP contribution in [0.2, 0.25) is 5.02 Å². The molecule has 0 unspecified atom stereocenters. The van der Waals surface area contributed by atoms with Crippen LogP contribution in [-0.4, -0.2) is 33.9 Å². The fraction of sp³-hybridized carbons (Fsp3) is 0.643. The molecular weight excluding hydrogens is 294 g/mol. The lowest BCUT2D eigenvalue weighted by atomic mass is 10.0. The van der Waals surface area contributed by atoms with Gasteiger partial charge in [-0.1, -0.05) is 25.4 Å². The number of rotatable bonds is 4. The molecule has 1 saturated heterocycles. The van der Waals surface area contributed by atoms with Gasteiger partial charge in [-0.2, -0.15) is 11.8 Å². The number of carbonyl (C=O) groups is 1. The van der Waals surface area contributed by atoms with Crippen LogP contribution in [0, 0.1) is 5.92 Å². The molecule has 1 aliphatic rings. The van der Waals surface area contributed by atoms with Gasteiger partial charge in [-0.3, -0.25) is 4.79 Å². The first-order chi connectivity index (χ1) is 9.58. The molecule has 6 heteroatoms. The number of aromatic nitrogens is 2. The first-order valence-electron chi connectivity index (χ1n) is 6.96.